The van der Waals surface area contributed by atoms with E-state index in [9.17, 15) is 9.18 Å². The number of piperidine rings is 1. The van der Waals surface area contributed by atoms with Crippen LogP contribution in [-0.4, -0.2) is 65.3 Å². The van der Waals surface area contributed by atoms with E-state index in [0.717, 1.165) is 75.0 Å². The smallest absolute Gasteiger partial charge is 0.251 e. The fraction of sp³-hybridized carbons (Fsp3) is 0.500. The van der Waals surface area contributed by atoms with E-state index in [1.54, 1.807) is 42.3 Å². The summed E-state index contributed by atoms with van der Waals surface area (Å²) in [7, 11) is 1.60. The number of likely N-dealkylation sites (tertiary alicyclic amines) is 1. The van der Waals surface area contributed by atoms with Crippen molar-refractivity contribution in [3.63, 3.8) is 0 Å². The number of hydrogen-bond acceptors (Lipinski definition) is 7. The first-order valence-electron chi connectivity index (χ1n) is 12.5. The Morgan fingerprint density at radius 3 is 2.60 bits per heavy atom. The summed E-state index contributed by atoms with van der Waals surface area (Å²) in [5.74, 6) is 0.904. The van der Waals surface area contributed by atoms with E-state index in [0.29, 0.717) is 30.7 Å². The van der Waals surface area contributed by atoms with Gasteiger partial charge in [0, 0.05) is 57.1 Å². The zero-order valence-electron chi connectivity index (χ0n) is 20.3. The normalized spacial score (nSPS) is 17.4. The Hall–Kier alpha value is -3.04. The molecule has 0 bridgehead atoms. The monoisotopic (exact) mass is 480 g/mol. The number of nitrogens with zero attached hydrogens (tertiary/aromatic N) is 5. The second-order valence-corrected chi connectivity index (χ2v) is 9.44. The first kappa shape index (κ1) is 23.7. The van der Waals surface area contributed by atoms with Crippen LogP contribution in [0.2, 0.25) is 0 Å². The lowest BCUT2D eigenvalue weighted by Crippen LogP contribution is -2.43. The minimum atomic E-state index is -0.225. The second-order valence-electron chi connectivity index (χ2n) is 9.44. The van der Waals surface area contributed by atoms with Crippen molar-refractivity contribution in [1.29, 1.82) is 0 Å². The Morgan fingerprint density at radius 1 is 1.06 bits per heavy atom. The summed E-state index contributed by atoms with van der Waals surface area (Å²) >= 11 is 0. The molecule has 2 saturated heterocycles. The first-order chi connectivity index (χ1) is 17.1. The zero-order valence-corrected chi connectivity index (χ0v) is 20.3. The lowest BCUT2D eigenvalue weighted by Gasteiger charge is -2.32. The molecule has 0 atom stereocenters. The molecule has 35 heavy (non-hydrogen) atoms. The molecule has 2 aliphatic rings. The molecule has 0 radical (unpaired) electrons. The summed E-state index contributed by atoms with van der Waals surface area (Å²) in [4.78, 5) is 25.7. The quantitative estimate of drug-likeness (QED) is 0.531. The zero-order chi connectivity index (χ0) is 24.2. The molecule has 0 aliphatic carbocycles. The van der Waals surface area contributed by atoms with Crippen LogP contribution in [0.4, 0.5) is 10.2 Å². The molecule has 0 aromatic carbocycles. The standard InChI is InChI=1S/C26H33FN6O2/c1-35-21-15-24-23(29-18-21)4-5-25(34)33(24)13-12-31-10-6-20(7-11-31)28-16-19-14-22(27)26(30-17-19)32-8-2-3-9-32/h4-5,14-15,17-18,20,28H,2-3,6-13,16H2,1H3. The van der Waals surface area contributed by atoms with Gasteiger partial charge in [0.25, 0.3) is 5.56 Å². The Bertz CT molecular complexity index is 1220. The number of anilines is 1. The number of nitrogens with one attached hydrogen (secondary N) is 1. The second kappa shape index (κ2) is 10.7. The van der Waals surface area contributed by atoms with Gasteiger partial charge in [-0.15, -0.1) is 0 Å². The predicted molar refractivity (Wildman–Crippen MR) is 134 cm³/mol. The van der Waals surface area contributed by atoms with Crippen molar-refractivity contribution >= 4 is 16.9 Å². The summed E-state index contributed by atoms with van der Waals surface area (Å²) < 4.78 is 21.6. The number of aromatic nitrogens is 3. The Morgan fingerprint density at radius 2 is 1.86 bits per heavy atom. The molecule has 2 fully saturated rings. The number of rotatable bonds is 8. The topological polar surface area (TPSA) is 75.5 Å². The van der Waals surface area contributed by atoms with Gasteiger partial charge in [0.05, 0.1) is 24.3 Å². The van der Waals surface area contributed by atoms with E-state index in [-0.39, 0.29) is 11.4 Å². The molecular formula is C26H33FN6O2. The van der Waals surface area contributed by atoms with Gasteiger partial charge in [-0.3, -0.25) is 9.78 Å². The lowest BCUT2D eigenvalue weighted by molar-refractivity contribution is 0.191. The molecule has 5 rings (SSSR count). The van der Waals surface area contributed by atoms with Crippen molar-refractivity contribution in [3.8, 4) is 5.75 Å². The summed E-state index contributed by atoms with van der Waals surface area (Å²) in [5.41, 5.74) is 2.44. The third kappa shape index (κ3) is 5.46. The molecule has 3 aromatic heterocycles. The molecule has 0 spiro atoms. The van der Waals surface area contributed by atoms with Gasteiger partial charge in [-0.2, -0.15) is 0 Å². The molecule has 1 N–H and O–H groups in total. The van der Waals surface area contributed by atoms with E-state index >= 15 is 0 Å². The van der Waals surface area contributed by atoms with Crippen LogP contribution >= 0.6 is 0 Å². The van der Waals surface area contributed by atoms with Crippen molar-refractivity contribution < 1.29 is 9.13 Å². The van der Waals surface area contributed by atoms with E-state index in [1.807, 2.05) is 11.0 Å². The van der Waals surface area contributed by atoms with Crippen LogP contribution in [-0.2, 0) is 13.1 Å². The van der Waals surface area contributed by atoms with Gasteiger partial charge in [0.2, 0.25) is 0 Å². The number of hydrogen-bond donors (Lipinski definition) is 1. The summed E-state index contributed by atoms with van der Waals surface area (Å²) in [6.07, 6.45) is 7.70. The van der Waals surface area contributed by atoms with Gasteiger partial charge in [-0.1, -0.05) is 0 Å². The number of pyridine rings is 3. The van der Waals surface area contributed by atoms with E-state index in [4.69, 9.17) is 4.74 Å². The summed E-state index contributed by atoms with van der Waals surface area (Å²) in [6, 6.07) is 7.21. The fourth-order valence-electron chi connectivity index (χ4n) is 5.08. The van der Waals surface area contributed by atoms with Gasteiger partial charge in [0.1, 0.15) is 5.75 Å². The Kier molecular flexibility index (Phi) is 7.24. The molecule has 5 heterocycles. The molecule has 2 aliphatic heterocycles. The highest BCUT2D eigenvalue weighted by molar-refractivity contribution is 5.75. The van der Waals surface area contributed by atoms with Crippen molar-refractivity contribution in [2.75, 3.05) is 44.7 Å². The van der Waals surface area contributed by atoms with Crippen molar-refractivity contribution in [1.82, 2.24) is 24.8 Å². The molecule has 8 nitrogen and oxygen atoms in total. The minimum Gasteiger partial charge on any atom is -0.495 e. The van der Waals surface area contributed by atoms with Gasteiger partial charge in [-0.25, -0.2) is 9.37 Å². The molecule has 0 amide bonds. The highest BCUT2D eigenvalue weighted by Gasteiger charge is 2.20. The molecule has 0 saturated carbocycles. The lowest BCUT2D eigenvalue weighted by atomic mass is 10.0. The first-order valence-corrected chi connectivity index (χ1v) is 12.5. The van der Waals surface area contributed by atoms with Crippen LogP contribution in [0.15, 0.2) is 41.5 Å². The van der Waals surface area contributed by atoms with E-state index in [1.165, 1.54) is 0 Å². The summed E-state index contributed by atoms with van der Waals surface area (Å²) in [5, 5.41) is 3.57. The van der Waals surface area contributed by atoms with Crippen molar-refractivity contribution in [3.05, 3.63) is 58.4 Å². The largest absolute Gasteiger partial charge is 0.495 e. The average molecular weight is 481 g/mol. The van der Waals surface area contributed by atoms with Gasteiger partial charge < -0.3 is 24.4 Å². The molecule has 186 valence electrons. The molecule has 9 heteroatoms. The van der Waals surface area contributed by atoms with E-state index in [2.05, 4.69) is 20.2 Å². The molecule has 0 unspecified atom stereocenters. The van der Waals surface area contributed by atoms with Crippen molar-refractivity contribution in [2.45, 2.75) is 44.8 Å². The van der Waals surface area contributed by atoms with Crippen LogP contribution in [0.5, 0.6) is 5.75 Å². The number of halogens is 1. The van der Waals surface area contributed by atoms with Gasteiger partial charge >= 0.3 is 0 Å². The maximum Gasteiger partial charge on any atom is 0.251 e. The highest BCUT2D eigenvalue weighted by atomic mass is 19.1. The average Bonchev–Trinajstić information content (AvgIpc) is 3.42. The maximum atomic E-state index is 14.5. The Balaban J connectivity index is 1.12. The van der Waals surface area contributed by atoms with Crippen LogP contribution < -0.4 is 20.5 Å². The minimum absolute atomic E-state index is 0.0271. The van der Waals surface area contributed by atoms with Gasteiger partial charge in [-0.05, 0) is 56.5 Å². The number of fused-ring (bicyclic) bond motifs is 1. The molecular weight excluding hydrogens is 447 g/mol. The number of ether oxygens (including phenoxy) is 1. The summed E-state index contributed by atoms with van der Waals surface area (Å²) in [6.45, 7) is 5.72. The predicted octanol–water partition coefficient (Wildman–Crippen LogP) is 2.79. The maximum absolute atomic E-state index is 14.5. The highest BCUT2D eigenvalue weighted by Crippen LogP contribution is 2.22. The Labute approximate surface area is 204 Å². The van der Waals surface area contributed by atoms with Crippen molar-refractivity contribution in [2.24, 2.45) is 0 Å². The third-order valence-electron chi connectivity index (χ3n) is 7.15. The van der Waals surface area contributed by atoms with E-state index < -0.39 is 0 Å². The number of methoxy groups -OCH3 is 1. The molecule has 3 aromatic rings. The van der Waals surface area contributed by atoms with Crippen LogP contribution in [0, 0.1) is 5.82 Å². The van der Waals surface area contributed by atoms with Crippen LogP contribution in [0.3, 0.4) is 0 Å². The SMILES string of the molecule is COc1cnc2ccc(=O)n(CCN3CCC(NCc4cnc(N5CCCC5)c(F)c4)CC3)c2c1. The fourth-order valence-corrected chi connectivity index (χ4v) is 5.08. The van der Waals surface area contributed by atoms with Crippen LogP contribution in [0.25, 0.3) is 11.0 Å². The van der Waals surface area contributed by atoms with Crippen LogP contribution in [0.1, 0.15) is 31.2 Å². The third-order valence-corrected chi connectivity index (χ3v) is 7.15. The van der Waals surface area contributed by atoms with Gasteiger partial charge in [0.15, 0.2) is 11.6 Å².